The maximum absolute atomic E-state index is 5.93. The summed E-state index contributed by atoms with van der Waals surface area (Å²) in [5.41, 5.74) is -0.0927. The molecule has 0 bridgehead atoms. The SMILES string of the molecule is [B]C1C([B])C([B])N(C(C)(C)C)C1[B]. The average molecular weight is 166 g/mol. The van der Waals surface area contributed by atoms with Crippen molar-refractivity contribution in [1.29, 1.82) is 0 Å². The van der Waals surface area contributed by atoms with Crippen LogP contribution in [0.1, 0.15) is 20.8 Å². The van der Waals surface area contributed by atoms with Crippen LogP contribution in [0.15, 0.2) is 0 Å². The lowest BCUT2D eigenvalue weighted by Gasteiger charge is -2.41. The highest BCUT2D eigenvalue weighted by Crippen LogP contribution is 2.41. The Morgan fingerprint density at radius 2 is 1.15 bits per heavy atom. The quantitative estimate of drug-likeness (QED) is 0.458. The standard InChI is InChI=1S/C8H13B4N/c1-8(2,3)13-6(11)4(9)5(10)7(13)12/h4-7H,1-3H3. The van der Waals surface area contributed by atoms with Gasteiger partial charge in [-0.3, -0.25) is 0 Å². The van der Waals surface area contributed by atoms with E-state index >= 15 is 0 Å². The summed E-state index contributed by atoms with van der Waals surface area (Å²) in [6.45, 7) is 6.16. The fraction of sp³-hybridized carbons (Fsp3) is 1.00. The lowest BCUT2D eigenvalue weighted by molar-refractivity contribution is 0.140. The molecule has 0 N–H and O–H groups in total. The molecule has 0 saturated carbocycles. The van der Waals surface area contributed by atoms with Gasteiger partial charge in [0.15, 0.2) is 0 Å². The minimum absolute atomic E-state index is 0.0927. The van der Waals surface area contributed by atoms with Gasteiger partial charge in [0, 0.05) is 5.54 Å². The Bertz CT molecular complexity index is 177. The highest BCUT2D eigenvalue weighted by atomic mass is 15.2. The maximum atomic E-state index is 5.93. The van der Waals surface area contributed by atoms with E-state index in [1.54, 1.807) is 0 Å². The lowest BCUT2D eigenvalue weighted by atomic mass is 9.58. The summed E-state index contributed by atoms with van der Waals surface area (Å²) in [4.78, 5) is 1.97. The molecule has 1 rings (SSSR count). The average Bonchev–Trinajstić information content (AvgIpc) is 2.14. The first-order chi connectivity index (χ1) is 5.76. The summed E-state index contributed by atoms with van der Waals surface area (Å²) < 4.78 is 0. The molecule has 1 saturated heterocycles. The molecule has 1 nitrogen and oxygen atoms in total. The van der Waals surface area contributed by atoms with Crippen molar-refractivity contribution in [3.05, 3.63) is 0 Å². The van der Waals surface area contributed by atoms with Gasteiger partial charge >= 0.3 is 0 Å². The van der Waals surface area contributed by atoms with Gasteiger partial charge in [0.2, 0.25) is 0 Å². The molecule has 13 heavy (non-hydrogen) atoms. The van der Waals surface area contributed by atoms with Crippen molar-refractivity contribution >= 4 is 31.4 Å². The van der Waals surface area contributed by atoms with Crippen molar-refractivity contribution in [2.45, 2.75) is 49.8 Å². The summed E-state index contributed by atoms with van der Waals surface area (Å²) in [5, 5.41) is 0. The zero-order chi connectivity index (χ0) is 10.4. The van der Waals surface area contributed by atoms with Gasteiger partial charge in [-0.25, -0.2) is 0 Å². The molecule has 0 aromatic rings. The molecule has 0 amide bonds. The molecule has 8 radical (unpaired) electrons. The zero-order valence-electron chi connectivity index (χ0n) is 8.57. The van der Waals surface area contributed by atoms with Crippen LogP contribution in [0.25, 0.3) is 0 Å². The van der Waals surface area contributed by atoms with Crippen molar-refractivity contribution in [2.24, 2.45) is 0 Å². The van der Waals surface area contributed by atoms with E-state index in [0.717, 1.165) is 0 Å². The van der Waals surface area contributed by atoms with E-state index in [4.69, 9.17) is 31.4 Å². The normalized spacial score (nSPS) is 42.4. The van der Waals surface area contributed by atoms with Crippen LogP contribution in [0.3, 0.4) is 0 Å². The number of hydrogen-bond acceptors (Lipinski definition) is 1. The molecular weight excluding hydrogens is 153 g/mol. The number of hydrogen-bond donors (Lipinski definition) is 0. The second-order valence-electron chi connectivity index (χ2n) is 4.71. The van der Waals surface area contributed by atoms with Gasteiger partial charge in [0.05, 0.1) is 31.4 Å². The van der Waals surface area contributed by atoms with Gasteiger partial charge in [-0.15, -0.1) is 0 Å². The summed E-state index contributed by atoms with van der Waals surface area (Å²) in [5.74, 6) is -0.974. The summed E-state index contributed by atoms with van der Waals surface area (Å²) in [6.07, 6.45) is 0. The Hall–Kier alpha value is 0.220. The molecule has 0 aliphatic carbocycles. The molecular formula is C8H13B4N. The smallest absolute Gasteiger partial charge is 0.0903 e. The molecule has 4 unspecified atom stereocenters. The summed E-state index contributed by atoms with van der Waals surface area (Å²) in [6, 6.07) is 0. The third kappa shape index (κ3) is 1.86. The molecule has 5 heteroatoms. The third-order valence-corrected chi connectivity index (χ3v) is 2.65. The molecule has 1 aliphatic heterocycles. The Morgan fingerprint density at radius 3 is 1.31 bits per heavy atom. The molecule has 0 aromatic heterocycles. The van der Waals surface area contributed by atoms with Crippen molar-refractivity contribution in [3.63, 3.8) is 0 Å². The number of nitrogens with zero attached hydrogens (tertiary/aromatic N) is 1. The molecule has 1 fully saturated rings. The van der Waals surface area contributed by atoms with Crippen LogP contribution in [0.2, 0.25) is 11.6 Å². The van der Waals surface area contributed by atoms with E-state index in [2.05, 4.69) is 20.8 Å². The largest absolute Gasteiger partial charge is 0.311 e. The van der Waals surface area contributed by atoms with Gasteiger partial charge in [0.25, 0.3) is 0 Å². The van der Waals surface area contributed by atoms with Gasteiger partial charge in [0.1, 0.15) is 0 Å². The first-order valence-electron chi connectivity index (χ1n) is 4.57. The Morgan fingerprint density at radius 1 is 0.846 bits per heavy atom. The van der Waals surface area contributed by atoms with Gasteiger partial charge in [-0.1, -0.05) is 11.6 Å². The van der Waals surface area contributed by atoms with Crippen LogP contribution in [0.5, 0.6) is 0 Å². The minimum Gasteiger partial charge on any atom is -0.311 e. The number of likely N-dealkylation sites (tertiary alicyclic amines) is 1. The van der Waals surface area contributed by atoms with Gasteiger partial charge in [-0.05, 0) is 32.7 Å². The summed E-state index contributed by atoms with van der Waals surface area (Å²) in [7, 11) is 23.5. The van der Waals surface area contributed by atoms with Crippen LogP contribution < -0.4 is 0 Å². The van der Waals surface area contributed by atoms with E-state index < -0.39 is 0 Å². The van der Waals surface area contributed by atoms with Gasteiger partial charge in [-0.2, -0.15) is 0 Å². The lowest BCUT2D eigenvalue weighted by Crippen LogP contribution is -2.50. The molecule has 1 aliphatic rings. The van der Waals surface area contributed by atoms with Crippen LogP contribution in [0.4, 0.5) is 0 Å². The third-order valence-electron chi connectivity index (χ3n) is 2.65. The van der Waals surface area contributed by atoms with E-state index in [9.17, 15) is 0 Å². The molecule has 0 aromatic carbocycles. The molecule has 4 atom stereocenters. The Balaban J connectivity index is 2.88. The van der Waals surface area contributed by atoms with Crippen LogP contribution in [0, 0.1) is 0 Å². The van der Waals surface area contributed by atoms with Crippen molar-refractivity contribution in [2.75, 3.05) is 0 Å². The predicted molar refractivity (Wildman–Crippen MR) is 59.7 cm³/mol. The Kier molecular flexibility index (Phi) is 2.97. The monoisotopic (exact) mass is 167 g/mol. The van der Waals surface area contributed by atoms with E-state index in [1.807, 2.05) is 4.90 Å². The highest BCUT2D eigenvalue weighted by molar-refractivity contribution is 6.31. The van der Waals surface area contributed by atoms with Crippen molar-refractivity contribution < 1.29 is 0 Å². The van der Waals surface area contributed by atoms with Gasteiger partial charge < -0.3 is 4.90 Å². The second-order valence-corrected chi connectivity index (χ2v) is 4.71. The number of rotatable bonds is 0. The van der Waals surface area contributed by atoms with E-state index in [0.29, 0.717) is 0 Å². The van der Waals surface area contributed by atoms with Crippen molar-refractivity contribution in [3.8, 4) is 0 Å². The van der Waals surface area contributed by atoms with Crippen molar-refractivity contribution in [1.82, 2.24) is 4.90 Å². The topological polar surface area (TPSA) is 3.24 Å². The maximum Gasteiger partial charge on any atom is 0.0903 e. The minimum atomic E-state index is -0.245. The Labute approximate surface area is 86.7 Å². The second kappa shape index (κ2) is 3.42. The van der Waals surface area contributed by atoms with Crippen LogP contribution in [-0.2, 0) is 0 Å². The fourth-order valence-corrected chi connectivity index (χ4v) is 1.92. The molecule has 0 spiro atoms. The molecule has 62 valence electrons. The van der Waals surface area contributed by atoms with Crippen LogP contribution >= 0.6 is 0 Å². The fourth-order valence-electron chi connectivity index (χ4n) is 1.92. The first kappa shape index (κ1) is 11.3. The highest BCUT2D eigenvalue weighted by Gasteiger charge is 2.42. The van der Waals surface area contributed by atoms with Crippen LogP contribution in [-0.4, -0.2) is 53.7 Å². The van der Waals surface area contributed by atoms with E-state index in [1.165, 1.54) is 0 Å². The first-order valence-corrected chi connectivity index (χ1v) is 4.57. The predicted octanol–water partition coefficient (Wildman–Crippen LogP) is 0.00370. The summed E-state index contributed by atoms with van der Waals surface area (Å²) >= 11 is 0. The zero-order valence-corrected chi connectivity index (χ0v) is 8.57. The molecule has 1 heterocycles. The van der Waals surface area contributed by atoms with E-state index in [-0.39, 0.29) is 29.1 Å².